The normalized spacial score (nSPS) is 9.93. The Morgan fingerprint density at radius 3 is 2.07 bits per heavy atom. The summed E-state index contributed by atoms with van der Waals surface area (Å²) in [6.45, 7) is 0. The summed E-state index contributed by atoms with van der Waals surface area (Å²) in [5.41, 5.74) is 0.743. The molecule has 84 valence electrons. The lowest BCUT2D eigenvalue weighted by atomic mass is 10.2. The van der Waals surface area contributed by atoms with Crippen LogP contribution in [0.5, 0.6) is 17.2 Å². The molecule has 1 aromatic carbocycles. The standard InChI is InChI=1S/C10H12Cl2O3/c1-13-7-4-6(5-11)8(12)10(15-3)9(7)14-2/h4H,5H2,1-3H3. The predicted octanol–water partition coefficient (Wildman–Crippen LogP) is 3.10. The Balaban J connectivity index is 3.43. The molecule has 0 saturated heterocycles. The number of alkyl halides is 1. The zero-order valence-corrected chi connectivity index (χ0v) is 10.3. The first kappa shape index (κ1) is 12.3. The number of hydrogen-bond acceptors (Lipinski definition) is 3. The van der Waals surface area contributed by atoms with Crippen LogP contribution < -0.4 is 14.2 Å². The fraction of sp³-hybridized carbons (Fsp3) is 0.400. The number of hydrogen-bond donors (Lipinski definition) is 0. The average molecular weight is 251 g/mol. The van der Waals surface area contributed by atoms with Crippen LogP contribution in [-0.2, 0) is 5.88 Å². The Labute approximate surface area is 98.8 Å². The fourth-order valence-corrected chi connectivity index (χ4v) is 1.83. The molecule has 0 N–H and O–H groups in total. The van der Waals surface area contributed by atoms with Crippen molar-refractivity contribution >= 4 is 23.2 Å². The second-order valence-corrected chi connectivity index (χ2v) is 3.40. The number of ether oxygens (including phenoxy) is 3. The molecule has 1 rings (SSSR count). The monoisotopic (exact) mass is 250 g/mol. The van der Waals surface area contributed by atoms with E-state index in [2.05, 4.69) is 0 Å². The highest BCUT2D eigenvalue weighted by Gasteiger charge is 2.18. The van der Waals surface area contributed by atoms with E-state index in [4.69, 9.17) is 37.4 Å². The van der Waals surface area contributed by atoms with Crippen LogP contribution in [0.15, 0.2) is 6.07 Å². The van der Waals surface area contributed by atoms with Crippen molar-refractivity contribution in [3.05, 3.63) is 16.7 Å². The summed E-state index contributed by atoms with van der Waals surface area (Å²) >= 11 is 11.8. The molecule has 0 unspecified atom stereocenters. The predicted molar refractivity (Wildman–Crippen MR) is 60.7 cm³/mol. The summed E-state index contributed by atoms with van der Waals surface area (Å²) in [6.07, 6.45) is 0. The van der Waals surface area contributed by atoms with Gasteiger partial charge in [0.25, 0.3) is 0 Å². The molecule has 0 aromatic heterocycles. The first-order chi connectivity index (χ1) is 7.19. The Bertz CT molecular complexity index is 353. The van der Waals surface area contributed by atoms with Crippen molar-refractivity contribution in [2.75, 3.05) is 21.3 Å². The maximum absolute atomic E-state index is 6.08. The van der Waals surface area contributed by atoms with Crippen LogP contribution in [0.2, 0.25) is 5.02 Å². The van der Waals surface area contributed by atoms with Crippen molar-refractivity contribution in [3.8, 4) is 17.2 Å². The van der Waals surface area contributed by atoms with Crippen molar-refractivity contribution in [3.63, 3.8) is 0 Å². The van der Waals surface area contributed by atoms with Crippen molar-refractivity contribution < 1.29 is 14.2 Å². The molecule has 0 atom stereocenters. The third-order valence-electron chi connectivity index (χ3n) is 1.99. The summed E-state index contributed by atoms with van der Waals surface area (Å²) < 4.78 is 15.5. The minimum absolute atomic E-state index is 0.287. The van der Waals surface area contributed by atoms with Crippen LogP contribution in [-0.4, -0.2) is 21.3 Å². The highest BCUT2D eigenvalue weighted by molar-refractivity contribution is 6.34. The van der Waals surface area contributed by atoms with E-state index in [0.29, 0.717) is 22.3 Å². The Hall–Kier alpha value is -0.800. The zero-order valence-electron chi connectivity index (χ0n) is 8.77. The van der Waals surface area contributed by atoms with Gasteiger partial charge in [-0.3, -0.25) is 0 Å². The summed E-state index contributed by atoms with van der Waals surface area (Å²) in [6, 6.07) is 1.73. The molecule has 0 aliphatic carbocycles. The van der Waals surface area contributed by atoms with Crippen molar-refractivity contribution in [1.29, 1.82) is 0 Å². The van der Waals surface area contributed by atoms with Crippen LogP contribution in [0.1, 0.15) is 5.56 Å². The van der Waals surface area contributed by atoms with Crippen LogP contribution in [0.4, 0.5) is 0 Å². The van der Waals surface area contributed by atoms with Gasteiger partial charge in [-0.25, -0.2) is 0 Å². The Morgan fingerprint density at radius 2 is 1.67 bits per heavy atom. The van der Waals surface area contributed by atoms with Gasteiger partial charge in [-0.15, -0.1) is 11.6 Å². The molecule has 0 bridgehead atoms. The minimum atomic E-state index is 0.287. The molecule has 5 heteroatoms. The van der Waals surface area contributed by atoms with Gasteiger partial charge in [-0.2, -0.15) is 0 Å². The Morgan fingerprint density at radius 1 is 1.07 bits per heavy atom. The summed E-state index contributed by atoms with van der Waals surface area (Å²) in [5.74, 6) is 1.75. The van der Waals surface area contributed by atoms with Gasteiger partial charge in [0.2, 0.25) is 5.75 Å². The molecule has 0 fully saturated rings. The van der Waals surface area contributed by atoms with Gasteiger partial charge < -0.3 is 14.2 Å². The van der Waals surface area contributed by atoms with Gasteiger partial charge in [-0.05, 0) is 11.6 Å². The lowest BCUT2D eigenvalue weighted by Crippen LogP contribution is -1.97. The third-order valence-corrected chi connectivity index (χ3v) is 2.69. The van der Waals surface area contributed by atoms with E-state index in [1.807, 2.05) is 0 Å². The van der Waals surface area contributed by atoms with Crippen LogP contribution in [0.25, 0.3) is 0 Å². The molecule has 15 heavy (non-hydrogen) atoms. The van der Waals surface area contributed by atoms with Crippen LogP contribution >= 0.6 is 23.2 Å². The SMILES string of the molecule is COc1cc(CCl)c(Cl)c(OC)c1OC. The topological polar surface area (TPSA) is 27.7 Å². The van der Waals surface area contributed by atoms with Gasteiger partial charge in [-0.1, -0.05) is 11.6 Å². The average Bonchev–Trinajstić information content (AvgIpc) is 2.28. The molecular formula is C10H12Cl2O3. The highest BCUT2D eigenvalue weighted by Crippen LogP contribution is 2.44. The van der Waals surface area contributed by atoms with Gasteiger partial charge in [0.1, 0.15) is 0 Å². The molecular weight excluding hydrogens is 239 g/mol. The van der Waals surface area contributed by atoms with Gasteiger partial charge in [0.05, 0.1) is 26.4 Å². The Kier molecular flexibility index (Phi) is 4.36. The van der Waals surface area contributed by atoms with E-state index in [9.17, 15) is 0 Å². The quantitative estimate of drug-likeness (QED) is 0.769. The highest BCUT2D eigenvalue weighted by atomic mass is 35.5. The molecule has 3 nitrogen and oxygen atoms in total. The molecule has 0 spiro atoms. The van der Waals surface area contributed by atoms with Gasteiger partial charge >= 0.3 is 0 Å². The number of methoxy groups -OCH3 is 3. The third kappa shape index (κ3) is 2.24. The molecule has 1 aromatic rings. The van der Waals surface area contributed by atoms with E-state index >= 15 is 0 Å². The lowest BCUT2D eigenvalue weighted by Gasteiger charge is -2.15. The fourth-order valence-electron chi connectivity index (χ4n) is 1.27. The van der Waals surface area contributed by atoms with Crippen molar-refractivity contribution in [1.82, 2.24) is 0 Å². The smallest absolute Gasteiger partial charge is 0.204 e. The number of benzene rings is 1. The summed E-state index contributed by atoms with van der Waals surface area (Å²) in [5, 5.41) is 0.449. The maximum Gasteiger partial charge on any atom is 0.204 e. The zero-order chi connectivity index (χ0) is 11.4. The largest absolute Gasteiger partial charge is 0.493 e. The van der Waals surface area contributed by atoms with E-state index in [-0.39, 0.29) is 5.88 Å². The second-order valence-electron chi connectivity index (χ2n) is 2.75. The number of rotatable bonds is 4. The van der Waals surface area contributed by atoms with E-state index < -0.39 is 0 Å². The van der Waals surface area contributed by atoms with E-state index in [1.165, 1.54) is 14.2 Å². The lowest BCUT2D eigenvalue weighted by molar-refractivity contribution is 0.324. The first-order valence-electron chi connectivity index (χ1n) is 4.22. The van der Waals surface area contributed by atoms with Crippen LogP contribution in [0.3, 0.4) is 0 Å². The maximum atomic E-state index is 6.08. The van der Waals surface area contributed by atoms with Gasteiger partial charge in [0, 0.05) is 5.88 Å². The summed E-state index contributed by atoms with van der Waals surface area (Å²) in [4.78, 5) is 0. The number of halogens is 2. The molecule has 0 heterocycles. The molecule has 0 saturated carbocycles. The molecule has 0 amide bonds. The molecule has 0 aliphatic heterocycles. The van der Waals surface area contributed by atoms with Crippen molar-refractivity contribution in [2.45, 2.75) is 5.88 Å². The molecule has 0 radical (unpaired) electrons. The molecule has 0 aliphatic rings. The van der Waals surface area contributed by atoms with Crippen LogP contribution in [0, 0.1) is 0 Å². The van der Waals surface area contributed by atoms with E-state index in [1.54, 1.807) is 13.2 Å². The second kappa shape index (κ2) is 5.33. The minimum Gasteiger partial charge on any atom is -0.493 e. The van der Waals surface area contributed by atoms with Crippen molar-refractivity contribution in [2.24, 2.45) is 0 Å². The van der Waals surface area contributed by atoms with Gasteiger partial charge in [0.15, 0.2) is 11.5 Å². The first-order valence-corrected chi connectivity index (χ1v) is 5.14. The summed E-state index contributed by atoms with van der Waals surface area (Å²) in [7, 11) is 4.58. The van der Waals surface area contributed by atoms with E-state index in [0.717, 1.165) is 5.56 Å².